The Labute approximate surface area is 176 Å². The first-order valence-electron chi connectivity index (χ1n) is 10.3. The summed E-state index contributed by atoms with van der Waals surface area (Å²) in [6.07, 6.45) is 4.60. The van der Waals surface area contributed by atoms with Gasteiger partial charge in [-0.1, -0.05) is 31.2 Å². The van der Waals surface area contributed by atoms with Crippen LogP contribution in [-0.4, -0.2) is 26.4 Å². The van der Waals surface area contributed by atoms with Crippen molar-refractivity contribution in [2.24, 2.45) is 7.05 Å². The normalized spacial score (nSPS) is 14.1. The number of aromatic nitrogens is 3. The first-order valence-corrected chi connectivity index (χ1v) is 10.3. The molecule has 0 bridgehead atoms. The average molecular weight is 404 g/mol. The largest absolute Gasteiger partial charge is 0.325 e. The Kier molecular flexibility index (Phi) is 5.24. The lowest BCUT2D eigenvalue weighted by atomic mass is 10.1. The lowest BCUT2D eigenvalue weighted by Crippen LogP contribution is -2.50. The summed E-state index contributed by atoms with van der Waals surface area (Å²) >= 11 is 0. The number of Topliss-reactive ketones (excluding diaryl/α,β-unsaturated/α-hetero) is 1. The van der Waals surface area contributed by atoms with E-state index < -0.39 is 0 Å². The molecule has 1 atom stereocenters. The number of hydrogen-bond donors (Lipinski definition) is 0. The molecule has 0 spiro atoms. The number of hydrogen-bond acceptors (Lipinski definition) is 3. The van der Waals surface area contributed by atoms with Crippen molar-refractivity contribution < 1.29 is 14.2 Å². The maximum atomic E-state index is 13.3. The summed E-state index contributed by atoms with van der Waals surface area (Å²) in [4.78, 5) is 27.2. The Morgan fingerprint density at radius 3 is 2.50 bits per heavy atom. The van der Waals surface area contributed by atoms with E-state index in [1.165, 1.54) is 0 Å². The molecule has 6 heteroatoms. The smallest absolute Gasteiger partial charge is 0.319 e. The first-order chi connectivity index (χ1) is 14.4. The van der Waals surface area contributed by atoms with Crippen LogP contribution in [0.25, 0.3) is 11.1 Å². The van der Waals surface area contributed by atoms with Gasteiger partial charge in [0.05, 0.1) is 12.7 Å². The van der Waals surface area contributed by atoms with Crippen LogP contribution in [0, 0.1) is 0 Å². The lowest BCUT2D eigenvalue weighted by molar-refractivity contribution is -0.714. The van der Waals surface area contributed by atoms with Gasteiger partial charge in [0.1, 0.15) is 0 Å². The maximum Gasteiger partial charge on any atom is 0.319 e. The zero-order valence-corrected chi connectivity index (χ0v) is 17.9. The minimum atomic E-state index is -0.349. The van der Waals surface area contributed by atoms with Gasteiger partial charge in [0.2, 0.25) is 6.04 Å². The third kappa shape index (κ3) is 3.54. The predicted octanol–water partition coefficient (Wildman–Crippen LogP) is 3.24. The molecule has 30 heavy (non-hydrogen) atoms. The van der Waals surface area contributed by atoms with E-state index in [4.69, 9.17) is 0 Å². The maximum absolute atomic E-state index is 13.3. The Balaban J connectivity index is 1.59. The highest BCUT2D eigenvalue weighted by atomic mass is 16.2. The van der Waals surface area contributed by atoms with E-state index in [2.05, 4.69) is 29.4 Å². The third-order valence-corrected chi connectivity index (χ3v) is 5.89. The first kappa shape index (κ1) is 20.0. The van der Waals surface area contributed by atoms with Crippen molar-refractivity contribution in [1.82, 2.24) is 14.7 Å². The fourth-order valence-corrected chi connectivity index (χ4v) is 4.08. The van der Waals surface area contributed by atoms with E-state index in [0.717, 1.165) is 34.4 Å². The van der Waals surface area contributed by atoms with E-state index in [1.807, 2.05) is 54.9 Å². The molecule has 154 valence electrons. The molecule has 1 amide bonds. The number of benzene rings is 1. The summed E-state index contributed by atoms with van der Waals surface area (Å²) in [5.74, 6) is 0.0464. The van der Waals surface area contributed by atoms with Gasteiger partial charge in [-0.15, -0.1) is 0 Å². The summed E-state index contributed by atoms with van der Waals surface area (Å²) in [6.45, 7) is 6.60. The highest BCUT2D eigenvalue weighted by Crippen LogP contribution is 2.25. The van der Waals surface area contributed by atoms with E-state index in [1.54, 1.807) is 11.6 Å². The second-order valence-corrected chi connectivity index (χ2v) is 7.97. The zero-order valence-electron chi connectivity index (χ0n) is 17.9. The van der Waals surface area contributed by atoms with Gasteiger partial charge >= 0.3 is 5.91 Å². The number of pyridine rings is 1. The highest BCUT2D eigenvalue weighted by Gasteiger charge is 2.40. The minimum Gasteiger partial charge on any atom is -0.325 e. The molecule has 1 aliphatic heterocycles. The molecule has 0 saturated heterocycles. The third-order valence-electron chi connectivity index (χ3n) is 5.89. The molecule has 3 heterocycles. The van der Waals surface area contributed by atoms with Crippen LogP contribution >= 0.6 is 0 Å². The Hall–Kier alpha value is -3.28. The zero-order chi connectivity index (χ0) is 21.4. The molecule has 0 N–H and O–H groups in total. The molecule has 4 rings (SSSR count). The Morgan fingerprint density at radius 2 is 1.90 bits per heavy atom. The number of carbonyl (C=O) groups is 2. The van der Waals surface area contributed by atoms with Gasteiger partial charge in [-0.3, -0.25) is 14.3 Å². The van der Waals surface area contributed by atoms with Crippen molar-refractivity contribution in [3.8, 4) is 11.1 Å². The molecule has 0 fully saturated rings. The molecule has 6 nitrogen and oxygen atoms in total. The fraction of sp³-hybridized carbons (Fsp3) is 0.333. The van der Waals surface area contributed by atoms with Crippen LogP contribution in [0.4, 0.5) is 0 Å². The molecule has 3 aromatic rings. The van der Waals surface area contributed by atoms with Gasteiger partial charge < -0.3 is 4.90 Å². The number of nitrogens with zero attached hydrogens (tertiary/aromatic N) is 4. The Bertz CT molecular complexity index is 1110. The molecule has 0 radical (unpaired) electrons. The van der Waals surface area contributed by atoms with Gasteiger partial charge in [0.15, 0.2) is 11.5 Å². The van der Waals surface area contributed by atoms with Crippen LogP contribution in [0.1, 0.15) is 54.1 Å². The predicted molar refractivity (Wildman–Crippen MR) is 114 cm³/mol. The van der Waals surface area contributed by atoms with Crippen molar-refractivity contribution in [3.63, 3.8) is 0 Å². The fourth-order valence-electron chi connectivity index (χ4n) is 4.08. The van der Waals surface area contributed by atoms with E-state index in [-0.39, 0.29) is 17.7 Å². The second kappa shape index (κ2) is 7.86. The van der Waals surface area contributed by atoms with Gasteiger partial charge in [-0.2, -0.15) is 9.67 Å². The van der Waals surface area contributed by atoms with Crippen molar-refractivity contribution in [2.45, 2.75) is 46.3 Å². The highest BCUT2D eigenvalue weighted by molar-refractivity contribution is 5.95. The van der Waals surface area contributed by atoms with Crippen molar-refractivity contribution >= 4 is 11.7 Å². The number of rotatable bonds is 6. The molecule has 1 unspecified atom stereocenters. The molecule has 0 aliphatic carbocycles. The topological polar surface area (TPSA) is 59.1 Å². The molecular weight excluding hydrogens is 376 g/mol. The number of carbonyl (C=O) groups excluding carboxylic acids is 2. The molecule has 1 aliphatic rings. The summed E-state index contributed by atoms with van der Waals surface area (Å²) in [6, 6.07) is 12.0. The average Bonchev–Trinajstić information content (AvgIpc) is 3.31. The van der Waals surface area contributed by atoms with Gasteiger partial charge in [0, 0.05) is 57.3 Å². The number of fused-ring (bicyclic) bond motifs is 1. The van der Waals surface area contributed by atoms with Gasteiger partial charge in [0.25, 0.3) is 5.69 Å². The van der Waals surface area contributed by atoms with Gasteiger partial charge in [-0.05, 0) is 17.2 Å². The standard InChI is InChI=1S/C24H27N4O2/c1-5-22-11-10-20-15-27(24(30)23(20)28(22)16(2)17(3)29)13-18-6-8-19(9-7-18)21-12-25-26(4)14-21/h6-12,14,16H,5,13,15H2,1-4H3/q+1. The minimum absolute atomic E-state index is 0.00950. The van der Waals surface area contributed by atoms with Crippen LogP contribution in [0.5, 0.6) is 0 Å². The van der Waals surface area contributed by atoms with Crippen LogP contribution in [-0.2, 0) is 31.4 Å². The van der Waals surface area contributed by atoms with Crippen LogP contribution in [0.2, 0.25) is 0 Å². The van der Waals surface area contributed by atoms with Crippen molar-refractivity contribution in [3.05, 3.63) is 71.3 Å². The van der Waals surface area contributed by atoms with E-state index in [0.29, 0.717) is 18.8 Å². The second-order valence-electron chi connectivity index (χ2n) is 7.97. The summed E-state index contributed by atoms with van der Waals surface area (Å²) < 4.78 is 3.72. The molecule has 2 aromatic heterocycles. The van der Waals surface area contributed by atoms with Crippen molar-refractivity contribution in [2.75, 3.05) is 0 Å². The Morgan fingerprint density at radius 1 is 1.17 bits per heavy atom. The monoisotopic (exact) mass is 403 g/mol. The number of ketones is 1. The summed E-state index contributed by atoms with van der Waals surface area (Å²) in [5, 5.41) is 4.22. The number of amides is 1. The number of aryl methyl sites for hydroxylation is 2. The molecule has 0 saturated carbocycles. The SMILES string of the molecule is CCc1ccc2c([n+]1C(C)C(C)=O)C(=O)N(Cc1ccc(-c3cnn(C)c3)cc1)C2. The molecular formula is C24H27N4O2+. The lowest BCUT2D eigenvalue weighted by Gasteiger charge is -2.15. The summed E-state index contributed by atoms with van der Waals surface area (Å²) in [5.41, 5.74) is 5.89. The van der Waals surface area contributed by atoms with Crippen LogP contribution in [0.3, 0.4) is 0 Å². The van der Waals surface area contributed by atoms with Crippen molar-refractivity contribution in [1.29, 1.82) is 0 Å². The molecule has 1 aromatic carbocycles. The summed E-state index contributed by atoms with van der Waals surface area (Å²) in [7, 11) is 1.90. The van der Waals surface area contributed by atoms with Gasteiger partial charge in [-0.25, -0.2) is 0 Å². The van der Waals surface area contributed by atoms with E-state index >= 15 is 0 Å². The van der Waals surface area contributed by atoms with Crippen LogP contribution < -0.4 is 4.57 Å². The van der Waals surface area contributed by atoms with Crippen LogP contribution in [0.15, 0.2) is 48.8 Å². The van der Waals surface area contributed by atoms with E-state index in [9.17, 15) is 9.59 Å². The quantitative estimate of drug-likeness (QED) is 0.594.